The monoisotopic (exact) mass is 488 g/mol. The summed E-state index contributed by atoms with van der Waals surface area (Å²) in [6.45, 7) is -1.37. The normalized spacial score (nSPS) is 16.5. The number of aldehydes is 1. The molecule has 0 heterocycles. The molecule has 0 unspecified atom stereocenters. The van der Waals surface area contributed by atoms with Gasteiger partial charge in [0.2, 0.25) is 0 Å². The SMILES string of the molecule is O=C[C@H](NS(=O)(=O)O)[C@@H](OS(=O)(=O)O)[C@H](O)[C@H](O)COS(=O)(=O)O.[Na].[Na].[Na]. The van der Waals surface area contributed by atoms with E-state index in [-0.39, 0.29) is 95.0 Å². The number of aliphatic hydroxyl groups is 2. The second kappa shape index (κ2) is 15.1. The molecule has 0 aliphatic carbocycles. The van der Waals surface area contributed by atoms with E-state index in [1.165, 1.54) is 0 Å². The van der Waals surface area contributed by atoms with E-state index in [2.05, 4.69) is 8.37 Å². The Morgan fingerprint density at radius 3 is 1.63 bits per heavy atom. The van der Waals surface area contributed by atoms with Gasteiger partial charge in [0, 0.05) is 88.7 Å². The zero-order valence-electron chi connectivity index (χ0n) is 14.2. The van der Waals surface area contributed by atoms with Crippen LogP contribution in [0, 0.1) is 0 Å². The quantitative estimate of drug-likeness (QED) is 0.0902. The van der Waals surface area contributed by atoms with Crippen LogP contribution in [-0.2, 0) is 44.3 Å². The summed E-state index contributed by atoms with van der Waals surface area (Å²) in [5, 5.41) is 19.1. The largest absolute Gasteiger partial charge is 0.397 e. The number of hydrogen-bond donors (Lipinski definition) is 6. The smallest absolute Gasteiger partial charge is 0.388 e. The molecule has 0 aromatic rings. The van der Waals surface area contributed by atoms with Crippen LogP contribution in [0.25, 0.3) is 0 Å². The van der Waals surface area contributed by atoms with Crippen LogP contribution >= 0.6 is 0 Å². The van der Waals surface area contributed by atoms with E-state index in [0.717, 1.165) is 4.72 Å². The van der Waals surface area contributed by atoms with Crippen LogP contribution in [0.4, 0.5) is 0 Å². The van der Waals surface area contributed by atoms with E-state index in [9.17, 15) is 40.3 Å². The Hall–Kier alpha value is 2.20. The summed E-state index contributed by atoms with van der Waals surface area (Å²) < 4.78 is 97.4. The van der Waals surface area contributed by atoms with E-state index in [1.807, 2.05) is 0 Å². The van der Waals surface area contributed by atoms with Crippen LogP contribution in [0.1, 0.15) is 0 Å². The molecule has 0 fully saturated rings. The molecule has 0 aromatic carbocycles. The van der Waals surface area contributed by atoms with Crippen molar-refractivity contribution >= 4 is 126 Å². The van der Waals surface area contributed by atoms with Crippen molar-refractivity contribution in [1.82, 2.24) is 4.72 Å². The van der Waals surface area contributed by atoms with Gasteiger partial charge in [-0.05, 0) is 0 Å². The van der Waals surface area contributed by atoms with Gasteiger partial charge in [0.1, 0.15) is 30.6 Å². The van der Waals surface area contributed by atoms with Crippen molar-refractivity contribution in [1.29, 1.82) is 0 Å². The molecule has 15 nitrogen and oxygen atoms in total. The Bertz CT molecular complexity index is 738. The fourth-order valence-corrected chi connectivity index (χ4v) is 2.65. The van der Waals surface area contributed by atoms with Gasteiger partial charge >= 0.3 is 31.1 Å². The van der Waals surface area contributed by atoms with E-state index >= 15 is 0 Å². The summed E-state index contributed by atoms with van der Waals surface area (Å²) in [7, 11) is -15.6. The second-order valence-electron chi connectivity index (χ2n) is 4.01. The van der Waals surface area contributed by atoms with Crippen LogP contribution in [0.15, 0.2) is 0 Å². The Kier molecular flexibility index (Phi) is 20.4. The number of carbonyl (C=O) groups is 1. The summed E-state index contributed by atoms with van der Waals surface area (Å²) in [6.07, 6.45) is -7.84. The van der Waals surface area contributed by atoms with Crippen LogP contribution in [-0.4, -0.2) is 175 Å². The molecule has 21 heteroatoms. The van der Waals surface area contributed by atoms with Crippen molar-refractivity contribution in [3.8, 4) is 0 Å². The number of hydrogen-bond acceptors (Lipinski definition) is 11. The molecule has 0 rings (SSSR count). The predicted molar refractivity (Wildman–Crippen MR) is 87.7 cm³/mol. The molecular formula is C6H13NNa3O14S3. The van der Waals surface area contributed by atoms with Crippen molar-refractivity contribution in [2.24, 2.45) is 0 Å². The molecule has 27 heavy (non-hydrogen) atoms. The van der Waals surface area contributed by atoms with Gasteiger partial charge in [0.15, 0.2) is 0 Å². The summed E-state index contributed by atoms with van der Waals surface area (Å²) in [5.74, 6) is 0. The maximum absolute atomic E-state index is 10.8. The first-order chi connectivity index (χ1) is 10.6. The van der Waals surface area contributed by atoms with Gasteiger partial charge in [-0.25, -0.2) is 8.37 Å². The summed E-state index contributed by atoms with van der Waals surface area (Å²) in [6, 6.07) is -2.35. The second-order valence-corrected chi connectivity index (χ2v) is 7.34. The first-order valence-corrected chi connectivity index (χ1v) is 9.56. The molecule has 0 saturated heterocycles. The molecular weight excluding hydrogens is 475 g/mol. The third kappa shape index (κ3) is 18.7. The van der Waals surface area contributed by atoms with E-state index in [4.69, 9.17) is 13.7 Å². The third-order valence-corrected chi connectivity index (χ3v) is 3.61. The summed E-state index contributed by atoms with van der Waals surface area (Å²) in [5.41, 5.74) is 0. The molecule has 0 bridgehead atoms. The van der Waals surface area contributed by atoms with E-state index < -0.39 is 62.1 Å². The van der Waals surface area contributed by atoms with Crippen molar-refractivity contribution in [3.05, 3.63) is 0 Å². The van der Waals surface area contributed by atoms with Gasteiger partial charge in [-0.2, -0.15) is 30.0 Å². The zero-order valence-corrected chi connectivity index (χ0v) is 22.7. The number of carbonyl (C=O) groups excluding carboxylic acids is 1. The van der Waals surface area contributed by atoms with Crippen molar-refractivity contribution in [3.63, 3.8) is 0 Å². The minimum absolute atomic E-state index is 0. The Balaban J connectivity index is -0.000000882. The van der Waals surface area contributed by atoms with E-state index in [0.29, 0.717) is 0 Å². The van der Waals surface area contributed by atoms with Gasteiger partial charge < -0.3 is 15.0 Å². The summed E-state index contributed by atoms with van der Waals surface area (Å²) >= 11 is 0. The molecule has 4 atom stereocenters. The van der Waals surface area contributed by atoms with Crippen LogP contribution in [0.5, 0.6) is 0 Å². The molecule has 0 saturated carbocycles. The maximum Gasteiger partial charge on any atom is 0.397 e. The molecule has 6 N–H and O–H groups in total. The standard InChI is InChI=1S/C6H13NO14S3.3Na/c8-1-3(7-22(11,12)13)6(21-24(17,18)19)5(10)4(9)2-20-23(14,15)16;;;/h1,3-7,9-10H,2H2,(H,11,12,13)(H,14,15,16)(H,17,18,19);;;/t3-,4+,5+,6+;;;/m0.../s1. The third-order valence-electron chi connectivity index (χ3n) is 2.14. The van der Waals surface area contributed by atoms with Crippen molar-refractivity contribution in [2.75, 3.05) is 6.61 Å². The Morgan fingerprint density at radius 2 is 1.33 bits per heavy atom. The minimum Gasteiger partial charge on any atom is -0.388 e. The average Bonchev–Trinajstić information content (AvgIpc) is 2.36. The van der Waals surface area contributed by atoms with Crippen molar-refractivity contribution in [2.45, 2.75) is 24.4 Å². The van der Waals surface area contributed by atoms with Gasteiger partial charge in [-0.1, -0.05) is 0 Å². The van der Waals surface area contributed by atoms with E-state index in [1.54, 1.807) is 0 Å². The zero-order chi connectivity index (χ0) is 19.3. The van der Waals surface area contributed by atoms with Crippen LogP contribution < -0.4 is 4.72 Å². The molecule has 0 spiro atoms. The van der Waals surface area contributed by atoms with Gasteiger partial charge in [-0.3, -0.25) is 13.7 Å². The molecule has 0 aromatic heterocycles. The molecule has 147 valence electrons. The number of nitrogens with one attached hydrogen (secondary N) is 1. The Morgan fingerprint density at radius 1 is 0.889 bits per heavy atom. The van der Waals surface area contributed by atoms with Gasteiger partial charge in [-0.15, -0.1) is 0 Å². The Labute approximate surface area is 221 Å². The topological polar surface area (TPSA) is 251 Å². The molecule has 0 aliphatic heterocycles. The van der Waals surface area contributed by atoms with Gasteiger partial charge in [0.05, 0.1) is 6.61 Å². The number of rotatable bonds is 11. The molecule has 0 amide bonds. The predicted octanol–water partition coefficient (Wildman–Crippen LogP) is -5.47. The van der Waals surface area contributed by atoms with Crippen molar-refractivity contribution < 1.29 is 62.3 Å². The van der Waals surface area contributed by atoms with Crippen LogP contribution in [0.2, 0.25) is 0 Å². The number of aliphatic hydroxyl groups excluding tert-OH is 2. The summed E-state index contributed by atoms with van der Waals surface area (Å²) in [4.78, 5) is 10.8. The first-order valence-electron chi connectivity index (χ1n) is 5.39. The molecule has 0 aliphatic rings. The van der Waals surface area contributed by atoms with Crippen LogP contribution in [0.3, 0.4) is 0 Å². The average molecular weight is 488 g/mol. The molecule has 3 radical (unpaired) electrons. The minimum atomic E-state index is -5.41. The fraction of sp³-hybridized carbons (Fsp3) is 0.833. The van der Waals surface area contributed by atoms with Gasteiger partial charge in [0.25, 0.3) is 0 Å². The maximum atomic E-state index is 10.8. The fourth-order valence-electron chi connectivity index (χ4n) is 1.29. The first kappa shape index (κ1) is 36.6.